The van der Waals surface area contributed by atoms with E-state index in [-0.39, 0.29) is 5.78 Å². The average Bonchev–Trinajstić information content (AvgIpc) is 3.56. The fraction of sp³-hybridized carbons (Fsp3) is 0.423. The number of aryl methyl sites for hydroxylation is 1. The van der Waals surface area contributed by atoms with E-state index >= 15 is 0 Å². The lowest BCUT2D eigenvalue weighted by atomic mass is 9.86. The standard InChI is InChI=1S/C26H30N8O/c1-2-8-24-28-26(23(35)15-18-9-4-3-5-10-18)31-34(24)17-19-13-14-22(27-16-19)20-11-6-7-12-21(20)25-29-32-33-30-25/h6-7,11-14,16,18H,2-5,8-10,15,17H2,1H3,(H,29,30,32,33). The van der Waals surface area contributed by atoms with Crippen molar-refractivity contribution in [2.75, 3.05) is 0 Å². The van der Waals surface area contributed by atoms with Crippen LogP contribution in [0.3, 0.4) is 0 Å². The summed E-state index contributed by atoms with van der Waals surface area (Å²) >= 11 is 0. The van der Waals surface area contributed by atoms with Gasteiger partial charge in [-0.2, -0.15) is 0 Å². The van der Waals surface area contributed by atoms with E-state index in [1.807, 2.05) is 47.3 Å². The minimum atomic E-state index is 0.0694. The summed E-state index contributed by atoms with van der Waals surface area (Å²) in [5.74, 6) is 2.36. The summed E-state index contributed by atoms with van der Waals surface area (Å²) in [7, 11) is 0. The molecule has 0 unspecified atom stereocenters. The van der Waals surface area contributed by atoms with Crippen LogP contribution >= 0.6 is 0 Å². The Kier molecular flexibility index (Phi) is 7.02. The molecule has 1 aromatic carbocycles. The molecular weight excluding hydrogens is 440 g/mol. The molecule has 1 fully saturated rings. The number of Topliss-reactive ketones (excluding diaryl/α,β-unsaturated/α-hetero) is 1. The number of nitrogens with one attached hydrogen (secondary N) is 1. The molecule has 0 amide bonds. The average molecular weight is 471 g/mol. The zero-order valence-electron chi connectivity index (χ0n) is 20.0. The normalized spacial score (nSPS) is 14.3. The third kappa shape index (κ3) is 5.34. The van der Waals surface area contributed by atoms with Gasteiger partial charge >= 0.3 is 0 Å². The molecule has 9 heteroatoms. The number of hydrogen-bond donors (Lipinski definition) is 1. The molecule has 180 valence electrons. The van der Waals surface area contributed by atoms with Gasteiger partial charge in [0.2, 0.25) is 11.6 Å². The monoisotopic (exact) mass is 470 g/mol. The maximum atomic E-state index is 12.9. The van der Waals surface area contributed by atoms with Crippen molar-refractivity contribution < 1.29 is 4.79 Å². The van der Waals surface area contributed by atoms with Crippen molar-refractivity contribution in [3.8, 4) is 22.6 Å². The van der Waals surface area contributed by atoms with Crippen molar-refractivity contribution in [2.45, 2.75) is 64.8 Å². The maximum absolute atomic E-state index is 12.9. The molecule has 9 nitrogen and oxygen atoms in total. The van der Waals surface area contributed by atoms with Crippen LogP contribution in [0, 0.1) is 5.92 Å². The van der Waals surface area contributed by atoms with Crippen LogP contribution in [0.25, 0.3) is 22.6 Å². The zero-order chi connectivity index (χ0) is 24.0. The molecule has 0 aliphatic heterocycles. The number of benzene rings is 1. The molecule has 0 bridgehead atoms. The molecule has 0 atom stereocenters. The Labute approximate surface area is 204 Å². The van der Waals surface area contributed by atoms with Gasteiger partial charge in [-0.25, -0.2) is 14.8 Å². The summed E-state index contributed by atoms with van der Waals surface area (Å²) in [5.41, 5.74) is 3.67. The van der Waals surface area contributed by atoms with Gasteiger partial charge in [-0.3, -0.25) is 9.78 Å². The van der Waals surface area contributed by atoms with Gasteiger partial charge in [0, 0.05) is 30.2 Å². The van der Waals surface area contributed by atoms with Crippen molar-refractivity contribution in [3.05, 3.63) is 59.8 Å². The molecule has 0 saturated heterocycles. The van der Waals surface area contributed by atoms with E-state index in [4.69, 9.17) is 4.98 Å². The Balaban J connectivity index is 1.34. The summed E-state index contributed by atoms with van der Waals surface area (Å²) in [6, 6.07) is 11.9. The molecule has 3 heterocycles. The van der Waals surface area contributed by atoms with Crippen molar-refractivity contribution in [1.82, 2.24) is 40.4 Å². The Morgan fingerprint density at radius 3 is 2.63 bits per heavy atom. The van der Waals surface area contributed by atoms with Gasteiger partial charge < -0.3 is 0 Å². The van der Waals surface area contributed by atoms with E-state index in [1.54, 1.807) is 0 Å². The predicted molar refractivity (Wildman–Crippen MR) is 131 cm³/mol. The second-order valence-electron chi connectivity index (χ2n) is 9.24. The lowest BCUT2D eigenvalue weighted by molar-refractivity contribution is 0.0939. The third-order valence-electron chi connectivity index (χ3n) is 6.63. The van der Waals surface area contributed by atoms with Gasteiger partial charge in [-0.05, 0) is 34.4 Å². The highest BCUT2D eigenvalue weighted by Crippen LogP contribution is 2.29. The third-order valence-corrected chi connectivity index (χ3v) is 6.63. The number of pyridine rings is 1. The first-order valence-electron chi connectivity index (χ1n) is 12.5. The van der Waals surface area contributed by atoms with Gasteiger partial charge in [0.05, 0.1) is 12.2 Å². The molecule has 1 aliphatic carbocycles. The van der Waals surface area contributed by atoms with Gasteiger partial charge in [0.25, 0.3) is 0 Å². The van der Waals surface area contributed by atoms with E-state index in [0.29, 0.717) is 30.5 Å². The number of carbonyl (C=O) groups excluding carboxylic acids is 1. The van der Waals surface area contributed by atoms with E-state index in [1.165, 1.54) is 19.3 Å². The fourth-order valence-corrected chi connectivity index (χ4v) is 4.81. The van der Waals surface area contributed by atoms with Crippen LogP contribution in [-0.2, 0) is 13.0 Å². The molecule has 1 aliphatic rings. The lowest BCUT2D eigenvalue weighted by Crippen LogP contribution is -2.13. The van der Waals surface area contributed by atoms with E-state index in [0.717, 1.165) is 53.9 Å². The van der Waals surface area contributed by atoms with Gasteiger partial charge in [-0.15, -0.1) is 10.2 Å². The lowest BCUT2D eigenvalue weighted by Gasteiger charge is -2.19. The highest BCUT2D eigenvalue weighted by atomic mass is 16.1. The summed E-state index contributed by atoms with van der Waals surface area (Å²) in [6.45, 7) is 2.64. The number of aromatic amines is 1. The molecule has 35 heavy (non-hydrogen) atoms. The largest absolute Gasteiger partial charge is 0.291 e. The number of aromatic nitrogens is 8. The second-order valence-corrected chi connectivity index (χ2v) is 9.24. The minimum absolute atomic E-state index is 0.0694. The Morgan fingerprint density at radius 2 is 1.91 bits per heavy atom. The van der Waals surface area contributed by atoms with Gasteiger partial charge in [0.1, 0.15) is 5.82 Å². The van der Waals surface area contributed by atoms with Crippen molar-refractivity contribution >= 4 is 5.78 Å². The predicted octanol–water partition coefficient (Wildman–Crippen LogP) is 4.67. The van der Waals surface area contributed by atoms with Crippen LogP contribution in [0.5, 0.6) is 0 Å². The molecule has 0 spiro atoms. The van der Waals surface area contributed by atoms with Crippen molar-refractivity contribution in [2.24, 2.45) is 5.92 Å². The van der Waals surface area contributed by atoms with Crippen LogP contribution in [0.1, 0.15) is 73.9 Å². The minimum Gasteiger partial charge on any atom is -0.291 e. The quantitative estimate of drug-likeness (QED) is 0.353. The second kappa shape index (κ2) is 10.7. The van der Waals surface area contributed by atoms with E-state index < -0.39 is 0 Å². The summed E-state index contributed by atoms with van der Waals surface area (Å²) in [6.07, 6.45) is 10.2. The number of tetrazole rings is 1. The Hall–Kier alpha value is -3.75. The van der Waals surface area contributed by atoms with Gasteiger partial charge in [0.15, 0.2) is 5.82 Å². The number of ketones is 1. The van der Waals surface area contributed by atoms with Crippen LogP contribution < -0.4 is 0 Å². The number of carbonyl (C=O) groups is 1. The maximum Gasteiger partial charge on any atom is 0.217 e. The number of nitrogens with zero attached hydrogens (tertiary/aromatic N) is 7. The van der Waals surface area contributed by atoms with Crippen LogP contribution in [0.15, 0.2) is 42.6 Å². The smallest absolute Gasteiger partial charge is 0.217 e. The SMILES string of the molecule is CCCc1nc(C(=O)CC2CCCCC2)nn1Cc1ccc(-c2ccccc2-c2nnn[nH]2)nc1. The fourth-order valence-electron chi connectivity index (χ4n) is 4.81. The highest BCUT2D eigenvalue weighted by molar-refractivity contribution is 5.92. The molecule has 1 saturated carbocycles. The first-order valence-corrected chi connectivity index (χ1v) is 12.5. The Bertz CT molecular complexity index is 1260. The first-order chi connectivity index (χ1) is 17.2. The molecule has 1 N–H and O–H groups in total. The summed E-state index contributed by atoms with van der Waals surface area (Å²) in [4.78, 5) is 22.2. The van der Waals surface area contributed by atoms with Crippen LogP contribution in [0.2, 0.25) is 0 Å². The zero-order valence-corrected chi connectivity index (χ0v) is 20.0. The molecule has 3 aromatic heterocycles. The van der Waals surface area contributed by atoms with E-state index in [9.17, 15) is 4.79 Å². The van der Waals surface area contributed by atoms with Crippen LogP contribution in [0.4, 0.5) is 0 Å². The first kappa shape index (κ1) is 23.0. The van der Waals surface area contributed by atoms with Crippen molar-refractivity contribution in [1.29, 1.82) is 0 Å². The molecule has 0 radical (unpaired) electrons. The molecule has 5 rings (SSSR count). The van der Waals surface area contributed by atoms with Crippen LogP contribution in [-0.4, -0.2) is 46.2 Å². The highest BCUT2D eigenvalue weighted by Gasteiger charge is 2.22. The number of H-pyrrole nitrogens is 1. The Morgan fingerprint density at radius 1 is 1.09 bits per heavy atom. The summed E-state index contributed by atoms with van der Waals surface area (Å²) in [5, 5.41) is 18.8. The van der Waals surface area contributed by atoms with Crippen molar-refractivity contribution in [3.63, 3.8) is 0 Å². The summed E-state index contributed by atoms with van der Waals surface area (Å²) < 4.78 is 1.86. The molecule has 4 aromatic rings. The number of hydrogen-bond acceptors (Lipinski definition) is 7. The topological polar surface area (TPSA) is 115 Å². The number of rotatable bonds is 9. The van der Waals surface area contributed by atoms with Gasteiger partial charge in [-0.1, -0.05) is 69.4 Å². The van der Waals surface area contributed by atoms with E-state index in [2.05, 4.69) is 37.6 Å². The molecular formula is C26H30N8O.